The molecule has 52 heavy (non-hydrogen) atoms. The summed E-state index contributed by atoms with van der Waals surface area (Å²) >= 11 is 6.22. The molecule has 1 aromatic heterocycles. The third-order valence-electron chi connectivity index (χ3n) is 8.65. The quantitative estimate of drug-likeness (QED) is 0.107. The summed E-state index contributed by atoms with van der Waals surface area (Å²) in [5.41, 5.74) is 0.162. The van der Waals surface area contributed by atoms with E-state index >= 15 is 0 Å². The minimum Gasteiger partial charge on any atom is -0.455 e. The highest BCUT2D eigenvalue weighted by Gasteiger charge is 2.36. The number of nitrogens with zero attached hydrogens (tertiary/aromatic N) is 1. The Balaban J connectivity index is 1.62. The van der Waals surface area contributed by atoms with Gasteiger partial charge in [0.25, 0.3) is 25.8 Å². The van der Waals surface area contributed by atoms with Crippen molar-refractivity contribution in [1.82, 2.24) is 4.57 Å². The van der Waals surface area contributed by atoms with E-state index in [4.69, 9.17) is 16.3 Å². The standard InChI is InChI=1S/C37H25ClN2O10S2/c1-19-10-12-22(13-11-19)50-28-18-27(39-26-15-14-23(51(44,45)46)17-29(26)52(47,48)49)31-32-30(24-8-3-4-9-25(24)36(31)42)33(37(43)40(2)34(28)32)35(41)20-6-5-7-21(38)16-20/h3-18,39H,1-2H3,(H,44,45,46)(H,47,48,49). The summed E-state index contributed by atoms with van der Waals surface area (Å²) in [5.74, 6) is -0.898. The molecule has 262 valence electrons. The zero-order valence-corrected chi connectivity index (χ0v) is 29.4. The Morgan fingerprint density at radius 3 is 2.13 bits per heavy atom. The number of halogens is 1. The van der Waals surface area contributed by atoms with Gasteiger partial charge < -0.3 is 14.6 Å². The van der Waals surface area contributed by atoms with E-state index in [-0.39, 0.29) is 66.4 Å². The lowest BCUT2D eigenvalue weighted by atomic mass is 9.79. The summed E-state index contributed by atoms with van der Waals surface area (Å²) in [6.45, 7) is 1.87. The lowest BCUT2D eigenvalue weighted by Crippen LogP contribution is -2.29. The van der Waals surface area contributed by atoms with Crippen LogP contribution in [-0.2, 0) is 27.3 Å². The minimum atomic E-state index is -5.14. The van der Waals surface area contributed by atoms with E-state index in [1.54, 1.807) is 54.6 Å². The summed E-state index contributed by atoms with van der Waals surface area (Å²) in [6.07, 6.45) is 0. The number of ketones is 2. The summed E-state index contributed by atoms with van der Waals surface area (Å²) in [4.78, 5) is 41.4. The molecule has 1 heterocycles. The normalized spacial score (nSPS) is 12.4. The summed E-state index contributed by atoms with van der Waals surface area (Å²) in [6, 6.07) is 23.1. The van der Waals surface area contributed by atoms with Crippen molar-refractivity contribution in [3.8, 4) is 22.6 Å². The Labute approximate surface area is 301 Å². The van der Waals surface area contributed by atoms with Gasteiger partial charge in [0.05, 0.1) is 32.9 Å². The van der Waals surface area contributed by atoms with Gasteiger partial charge >= 0.3 is 0 Å². The fourth-order valence-corrected chi connectivity index (χ4v) is 7.73. The molecule has 0 bridgehead atoms. The summed E-state index contributed by atoms with van der Waals surface area (Å²) in [7, 11) is -8.61. The van der Waals surface area contributed by atoms with E-state index in [9.17, 15) is 40.3 Å². The second-order valence-electron chi connectivity index (χ2n) is 12.0. The molecule has 3 N–H and O–H groups in total. The molecule has 0 spiro atoms. The van der Waals surface area contributed by atoms with Gasteiger partial charge in [-0.3, -0.25) is 23.5 Å². The first-order chi connectivity index (χ1) is 24.5. The van der Waals surface area contributed by atoms with Gasteiger partial charge in [0.2, 0.25) is 0 Å². The van der Waals surface area contributed by atoms with Crippen molar-refractivity contribution in [2.24, 2.45) is 7.05 Å². The van der Waals surface area contributed by atoms with E-state index in [0.29, 0.717) is 11.8 Å². The number of carbonyl (C=O) groups is 2. The monoisotopic (exact) mass is 756 g/mol. The molecule has 6 aromatic rings. The number of hydrogen-bond acceptors (Lipinski definition) is 9. The van der Waals surface area contributed by atoms with Crippen LogP contribution < -0.4 is 15.6 Å². The number of anilines is 2. The van der Waals surface area contributed by atoms with Crippen LogP contribution >= 0.6 is 11.6 Å². The van der Waals surface area contributed by atoms with Crippen LogP contribution in [0.1, 0.15) is 37.4 Å². The van der Waals surface area contributed by atoms with Crippen LogP contribution in [0.25, 0.3) is 22.0 Å². The van der Waals surface area contributed by atoms with Gasteiger partial charge in [-0.2, -0.15) is 16.8 Å². The Bertz CT molecular complexity index is 2830. The van der Waals surface area contributed by atoms with E-state index in [2.05, 4.69) is 5.32 Å². The average Bonchev–Trinajstić information content (AvgIpc) is 3.09. The Morgan fingerprint density at radius 1 is 0.788 bits per heavy atom. The smallest absolute Gasteiger partial charge is 0.296 e. The Morgan fingerprint density at radius 2 is 1.48 bits per heavy atom. The molecule has 0 saturated carbocycles. The minimum absolute atomic E-state index is 0.0165. The number of nitrogens with one attached hydrogen (secondary N) is 1. The summed E-state index contributed by atoms with van der Waals surface area (Å²) in [5, 5.41) is 3.21. The molecule has 0 radical (unpaired) electrons. The highest BCUT2D eigenvalue weighted by atomic mass is 35.5. The van der Waals surface area contributed by atoms with Crippen LogP contribution in [0.3, 0.4) is 0 Å². The predicted octanol–water partition coefficient (Wildman–Crippen LogP) is 6.97. The van der Waals surface area contributed by atoms with Crippen molar-refractivity contribution in [1.29, 1.82) is 0 Å². The molecule has 15 heteroatoms. The molecular weight excluding hydrogens is 732 g/mol. The van der Waals surface area contributed by atoms with Gasteiger partial charge in [-0.1, -0.05) is 65.7 Å². The van der Waals surface area contributed by atoms with Gasteiger partial charge in [0.15, 0.2) is 17.3 Å². The van der Waals surface area contributed by atoms with Crippen LogP contribution in [0, 0.1) is 6.92 Å². The van der Waals surface area contributed by atoms with Crippen molar-refractivity contribution >= 4 is 65.7 Å². The van der Waals surface area contributed by atoms with Gasteiger partial charge in [0, 0.05) is 40.2 Å². The third-order valence-corrected chi connectivity index (χ3v) is 10.6. The van der Waals surface area contributed by atoms with Crippen molar-refractivity contribution in [2.75, 3.05) is 5.32 Å². The number of carbonyl (C=O) groups excluding carboxylic acids is 2. The second kappa shape index (κ2) is 12.5. The van der Waals surface area contributed by atoms with Crippen molar-refractivity contribution in [2.45, 2.75) is 16.7 Å². The number of aromatic nitrogens is 1. The number of pyridine rings is 1. The molecule has 1 aliphatic carbocycles. The molecule has 0 aliphatic heterocycles. The maximum atomic E-state index is 14.5. The number of rotatable bonds is 8. The molecule has 1 aliphatic rings. The van der Waals surface area contributed by atoms with Crippen molar-refractivity contribution in [3.63, 3.8) is 0 Å². The van der Waals surface area contributed by atoms with Gasteiger partial charge in [0.1, 0.15) is 10.6 Å². The molecule has 0 atom stereocenters. The van der Waals surface area contributed by atoms with E-state index in [1.807, 2.05) is 6.92 Å². The molecule has 0 amide bonds. The number of ether oxygens (including phenoxy) is 1. The van der Waals surface area contributed by atoms with E-state index < -0.39 is 47.2 Å². The van der Waals surface area contributed by atoms with Gasteiger partial charge in [-0.15, -0.1) is 0 Å². The topological polar surface area (TPSA) is 186 Å². The number of fused-ring (bicyclic) bond motifs is 2. The number of hydrogen-bond donors (Lipinski definition) is 3. The maximum Gasteiger partial charge on any atom is 0.296 e. The highest BCUT2D eigenvalue weighted by Crippen LogP contribution is 2.48. The van der Waals surface area contributed by atoms with Gasteiger partial charge in [-0.05, 0) is 55.0 Å². The van der Waals surface area contributed by atoms with Crippen molar-refractivity contribution < 1.29 is 40.3 Å². The van der Waals surface area contributed by atoms with Crippen LogP contribution in [0.15, 0.2) is 112 Å². The molecule has 12 nitrogen and oxygen atoms in total. The van der Waals surface area contributed by atoms with Crippen LogP contribution in [0.5, 0.6) is 11.5 Å². The van der Waals surface area contributed by atoms with E-state index in [1.165, 1.54) is 35.9 Å². The predicted molar refractivity (Wildman–Crippen MR) is 194 cm³/mol. The first-order valence-electron chi connectivity index (χ1n) is 15.3. The Kier molecular flexibility index (Phi) is 8.39. The number of aryl methyl sites for hydroxylation is 2. The molecular formula is C37H25ClN2O10S2. The van der Waals surface area contributed by atoms with Crippen LogP contribution in [0.2, 0.25) is 5.02 Å². The number of benzene rings is 5. The molecule has 0 fully saturated rings. The third kappa shape index (κ3) is 5.95. The summed E-state index contributed by atoms with van der Waals surface area (Å²) < 4.78 is 76.1. The first kappa shape index (κ1) is 34.8. The SMILES string of the molecule is Cc1ccc(Oc2cc(Nc3ccc(S(=O)(=O)O)cc3S(=O)(=O)O)c3c4c(c(C(=O)c5cccc(Cl)c5)c(=O)n(C)c24)-c2ccccc2C3=O)cc1. The van der Waals surface area contributed by atoms with Crippen molar-refractivity contribution in [3.05, 3.63) is 140 Å². The molecule has 0 saturated heterocycles. The lowest BCUT2D eigenvalue weighted by molar-refractivity contribution is 0.102. The van der Waals surface area contributed by atoms with Crippen LogP contribution in [-0.4, -0.2) is 42.1 Å². The lowest BCUT2D eigenvalue weighted by Gasteiger charge is -2.27. The first-order valence-corrected chi connectivity index (χ1v) is 18.6. The fraction of sp³-hybridized carbons (Fsp3) is 0.0541. The fourth-order valence-electron chi connectivity index (χ4n) is 6.28. The van der Waals surface area contributed by atoms with Crippen LogP contribution in [0.4, 0.5) is 11.4 Å². The zero-order valence-electron chi connectivity index (χ0n) is 27.0. The maximum absolute atomic E-state index is 14.5. The molecule has 5 aromatic carbocycles. The Hall–Kier alpha value is -5.64. The molecule has 7 rings (SSSR count). The van der Waals surface area contributed by atoms with Gasteiger partial charge in [-0.25, -0.2) is 0 Å². The zero-order chi connectivity index (χ0) is 37.3. The molecule has 0 unspecified atom stereocenters. The average molecular weight is 757 g/mol. The second-order valence-corrected chi connectivity index (χ2v) is 15.2. The van der Waals surface area contributed by atoms with E-state index in [0.717, 1.165) is 17.7 Å². The largest absolute Gasteiger partial charge is 0.455 e. The highest BCUT2D eigenvalue weighted by molar-refractivity contribution is 7.86.